The average Bonchev–Trinajstić information content (AvgIpc) is 2.08. The summed E-state index contributed by atoms with van der Waals surface area (Å²) in [4.78, 5) is 11.9. The molecule has 0 amide bonds. The van der Waals surface area contributed by atoms with Gasteiger partial charge in [-0.3, -0.25) is 4.79 Å². The van der Waals surface area contributed by atoms with Gasteiger partial charge in [0.2, 0.25) is 5.12 Å². The standard InChI is InChI=1S/C9H8FNOS/c1-5-9(12)13-8-4-6(10)2-3-7(8)11-5/h2-5,11H,1H3. The summed E-state index contributed by atoms with van der Waals surface area (Å²) in [6, 6.07) is 4.22. The molecule has 1 aromatic rings. The van der Waals surface area contributed by atoms with Crippen molar-refractivity contribution in [2.24, 2.45) is 0 Å². The van der Waals surface area contributed by atoms with Crippen LogP contribution in [0, 0.1) is 5.82 Å². The Morgan fingerprint density at radius 1 is 1.54 bits per heavy atom. The minimum absolute atomic E-state index is 0.0260. The van der Waals surface area contributed by atoms with Crippen LogP contribution in [0.25, 0.3) is 0 Å². The first-order chi connectivity index (χ1) is 6.16. The van der Waals surface area contributed by atoms with Crippen LogP contribution >= 0.6 is 11.8 Å². The molecule has 1 heterocycles. The van der Waals surface area contributed by atoms with Crippen LogP contribution in [-0.4, -0.2) is 11.2 Å². The van der Waals surface area contributed by atoms with Gasteiger partial charge in [-0.25, -0.2) is 4.39 Å². The lowest BCUT2D eigenvalue weighted by molar-refractivity contribution is -0.111. The topological polar surface area (TPSA) is 29.1 Å². The number of hydrogen-bond acceptors (Lipinski definition) is 3. The van der Waals surface area contributed by atoms with Crippen LogP contribution < -0.4 is 5.32 Å². The van der Waals surface area contributed by atoms with Gasteiger partial charge in [-0.15, -0.1) is 0 Å². The van der Waals surface area contributed by atoms with Gasteiger partial charge in [0, 0.05) is 10.6 Å². The van der Waals surface area contributed by atoms with Gasteiger partial charge in [-0.2, -0.15) is 0 Å². The van der Waals surface area contributed by atoms with Crippen LogP contribution in [0.4, 0.5) is 10.1 Å². The van der Waals surface area contributed by atoms with Crippen molar-refractivity contribution in [2.45, 2.75) is 17.9 Å². The molecule has 1 aromatic carbocycles. The molecule has 0 spiro atoms. The molecule has 0 saturated heterocycles. The SMILES string of the molecule is CC1Nc2ccc(F)cc2SC1=O. The zero-order valence-electron chi connectivity index (χ0n) is 7.00. The summed E-state index contributed by atoms with van der Waals surface area (Å²) in [6.45, 7) is 1.79. The monoisotopic (exact) mass is 197 g/mol. The van der Waals surface area contributed by atoms with Crippen molar-refractivity contribution in [3.8, 4) is 0 Å². The van der Waals surface area contributed by atoms with Crippen molar-refractivity contribution in [2.75, 3.05) is 5.32 Å². The molecule has 1 unspecified atom stereocenters. The van der Waals surface area contributed by atoms with Gasteiger partial charge in [-0.1, -0.05) is 0 Å². The van der Waals surface area contributed by atoms with Crippen LogP contribution in [0.3, 0.4) is 0 Å². The van der Waals surface area contributed by atoms with Crippen LogP contribution in [0.2, 0.25) is 0 Å². The number of nitrogens with one attached hydrogen (secondary N) is 1. The van der Waals surface area contributed by atoms with Crippen LogP contribution in [0.5, 0.6) is 0 Å². The lowest BCUT2D eigenvalue weighted by Crippen LogP contribution is -2.27. The molecular weight excluding hydrogens is 189 g/mol. The number of rotatable bonds is 0. The van der Waals surface area contributed by atoms with E-state index in [0.717, 1.165) is 17.4 Å². The maximum absolute atomic E-state index is 12.8. The van der Waals surface area contributed by atoms with Gasteiger partial charge in [0.05, 0.1) is 6.04 Å². The third-order valence-corrected chi connectivity index (χ3v) is 2.99. The minimum Gasteiger partial charge on any atom is -0.374 e. The maximum Gasteiger partial charge on any atom is 0.215 e. The molecule has 0 bridgehead atoms. The van der Waals surface area contributed by atoms with E-state index in [2.05, 4.69) is 5.32 Å². The van der Waals surface area contributed by atoms with E-state index in [-0.39, 0.29) is 17.0 Å². The quantitative estimate of drug-likeness (QED) is 0.691. The van der Waals surface area contributed by atoms with E-state index in [1.165, 1.54) is 12.1 Å². The summed E-state index contributed by atoms with van der Waals surface area (Å²) >= 11 is 1.09. The van der Waals surface area contributed by atoms with Gasteiger partial charge in [0.15, 0.2) is 0 Å². The van der Waals surface area contributed by atoms with E-state index in [4.69, 9.17) is 0 Å². The minimum atomic E-state index is -0.310. The molecule has 0 fully saturated rings. The van der Waals surface area contributed by atoms with Crippen molar-refractivity contribution in [3.05, 3.63) is 24.0 Å². The number of halogens is 1. The van der Waals surface area contributed by atoms with E-state index in [0.29, 0.717) is 4.90 Å². The van der Waals surface area contributed by atoms with Crippen molar-refractivity contribution >= 4 is 22.6 Å². The Morgan fingerprint density at radius 3 is 3.08 bits per heavy atom. The Hall–Kier alpha value is -1.03. The predicted octanol–water partition coefficient (Wildman–Crippen LogP) is 2.26. The first kappa shape index (κ1) is 8.56. The summed E-state index contributed by atoms with van der Waals surface area (Å²) in [5.74, 6) is -0.310. The lowest BCUT2D eigenvalue weighted by Gasteiger charge is -2.21. The van der Waals surface area contributed by atoms with Gasteiger partial charge in [-0.05, 0) is 36.9 Å². The van der Waals surface area contributed by atoms with Gasteiger partial charge in [0.1, 0.15) is 5.82 Å². The highest BCUT2D eigenvalue weighted by Crippen LogP contribution is 2.34. The summed E-state index contributed by atoms with van der Waals surface area (Å²) in [5.41, 5.74) is 0.832. The van der Waals surface area contributed by atoms with Crippen LogP contribution in [0.15, 0.2) is 23.1 Å². The molecule has 2 rings (SSSR count). The van der Waals surface area contributed by atoms with Gasteiger partial charge < -0.3 is 5.32 Å². The molecule has 1 atom stereocenters. The van der Waals surface area contributed by atoms with E-state index in [1.54, 1.807) is 13.0 Å². The highest BCUT2D eigenvalue weighted by molar-refractivity contribution is 8.14. The Balaban J connectivity index is 2.42. The third-order valence-electron chi connectivity index (χ3n) is 1.88. The van der Waals surface area contributed by atoms with Crippen molar-refractivity contribution in [1.29, 1.82) is 0 Å². The first-order valence-corrected chi connectivity index (χ1v) is 4.76. The third kappa shape index (κ3) is 1.54. The van der Waals surface area contributed by atoms with Crippen molar-refractivity contribution in [1.82, 2.24) is 0 Å². The smallest absolute Gasteiger partial charge is 0.215 e. The second kappa shape index (κ2) is 3.03. The fourth-order valence-electron chi connectivity index (χ4n) is 1.19. The normalized spacial score (nSPS) is 20.8. The van der Waals surface area contributed by atoms with E-state index >= 15 is 0 Å². The van der Waals surface area contributed by atoms with Crippen molar-refractivity contribution < 1.29 is 9.18 Å². The zero-order chi connectivity index (χ0) is 9.42. The second-order valence-corrected chi connectivity index (χ2v) is 3.97. The molecule has 2 nitrogen and oxygen atoms in total. The Labute approximate surface area is 79.5 Å². The summed E-state index contributed by atoms with van der Waals surface area (Å²) in [6.07, 6.45) is 0. The molecule has 68 valence electrons. The number of hydrogen-bond donors (Lipinski definition) is 1. The molecule has 0 saturated carbocycles. The number of fused-ring (bicyclic) bond motifs is 1. The first-order valence-electron chi connectivity index (χ1n) is 3.94. The summed E-state index contributed by atoms with van der Waals surface area (Å²) in [7, 11) is 0. The molecule has 0 aliphatic carbocycles. The Morgan fingerprint density at radius 2 is 2.31 bits per heavy atom. The highest BCUT2D eigenvalue weighted by atomic mass is 32.2. The van der Waals surface area contributed by atoms with Crippen molar-refractivity contribution in [3.63, 3.8) is 0 Å². The Bertz CT molecular complexity index is 367. The molecule has 1 N–H and O–H groups in total. The summed E-state index contributed by atoms with van der Waals surface area (Å²) < 4.78 is 12.8. The van der Waals surface area contributed by atoms with Gasteiger partial charge >= 0.3 is 0 Å². The van der Waals surface area contributed by atoms with Gasteiger partial charge in [0.25, 0.3) is 0 Å². The molecule has 1 aliphatic heterocycles. The number of carbonyl (C=O) groups excluding carboxylic acids is 1. The number of anilines is 1. The maximum atomic E-state index is 12.8. The molecule has 1 aliphatic rings. The lowest BCUT2D eigenvalue weighted by atomic mass is 10.2. The molecule has 0 radical (unpaired) electrons. The summed E-state index contributed by atoms with van der Waals surface area (Å²) in [5, 5.41) is 3.03. The molecule has 4 heteroatoms. The Kier molecular flexibility index (Phi) is 2.00. The molecular formula is C9H8FNOS. The van der Waals surface area contributed by atoms with E-state index < -0.39 is 0 Å². The number of benzene rings is 1. The van der Waals surface area contributed by atoms with Crippen LogP contribution in [0.1, 0.15) is 6.92 Å². The van der Waals surface area contributed by atoms with Crippen LogP contribution in [-0.2, 0) is 4.79 Å². The number of thioether (sulfide) groups is 1. The number of carbonyl (C=O) groups is 1. The highest BCUT2D eigenvalue weighted by Gasteiger charge is 2.22. The molecule has 0 aromatic heterocycles. The predicted molar refractivity (Wildman–Crippen MR) is 50.3 cm³/mol. The molecule has 13 heavy (non-hydrogen) atoms. The fraction of sp³-hybridized carbons (Fsp3) is 0.222. The van der Waals surface area contributed by atoms with E-state index in [9.17, 15) is 9.18 Å². The zero-order valence-corrected chi connectivity index (χ0v) is 7.82. The fourth-order valence-corrected chi connectivity index (χ4v) is 2.05. The average molecular weight is 197 g/mol. The second-order valence-electron chi connectivity index (χ2n) is 2.93. The van der Waals surface area contributed by atoms with E-state index in [1.807, 2.05) is 0 Å². The largest absolute Gasteiger partial charge is 0.374 e.